The smallest absolute Gasteiger partial charge is 0.158 e. The van der Waals surface area contributed by atoms with Crippen molar-refractivity contribution in [2.75, 3.05) is 19.5 Å². The summed E-state index contributed by atoms with van der Waals surface area (Å²) in [5.74, 6) is 0.909. The topological polar surface area (TPSA) is 56.3 Å². The van der Waals surface area contributed by atoms with Crippen molar-refractivity contribution >= 4 is 23.1 Å². The molecule has 1 heterocycles. The Bertz CT molecular complexity index is 610. The van der Waals surface area contributed by atoms with Crippen molar-refractivity contribution < 1.29 is 13.9 Å². The lowest BCUT2D eigenvalue weighted by molar-refractivity contribution is 0.178. The highest BCUT2D eigenvalue weighted by Crippen LogP contribution is 2.28. The number of nitrogens with zero attached hydrogens (tertiary/aromatic N) is 2. The first kappa shape index (κ1) is 14.5. The predicted molar refractivity (Wildman–Crippen MR) is 74.0 cm³/mol. The quantitative estimate of drug-likeness (QED) is 0.859. The summed E-state index contributed by atoms with van der Waals surface area (Å²) in [6.07, 6.45) is 0. The van der Waals surface area contributed by atoms with Crippen LogP contribution in [0, 0.1) is 5.82 Å². The lowest BCUT2D eigenvalue weighted by atomic mass is 10.3. The highest BCUT2D eigenvalue weighted by Gasteiger charge is 2.08. The van der Waals surface area contributed by atoms with Crippen LogP contribution in [0.3, 0.4) is 0 Å². The van der Waals surface area contributed by atoms with E-state index >= 15 is 0 Å². The number of ether oxygens (including phenoxy) is 2. The fraction of sp³-hybridized carbons (Fsp3) is 0.231. The Balaban J connectivity index is 2.29. The number of benzene rings is 1. The van der Waals surface area contributed by atoms with Crippen LogP contribution in [0.4, 0.5) is 15.9 Å². The molecule has 0 saturated heterocycles. The van der Waals surface area contributed by atoms with Crippen LogP contribution in [0.1, 0.15) is 5.82 Å². The molecule has 0 aliphatic rings. The number of hydrogen-bond acceptors (Lipinski definition) is 5. The van der Waals surface area contributed by atoms with E-state index in [1.807, 2.05) is 0 Å². The van der Waals surface area contributed by atoms with Gasteiger partial charge >= 0.3 is 0 Å². The summed E-state index contributed by atoms with van der Waals surface area (Å²) in [6, 6.07) is 5.72. The third-order valence-electron chi connectivity index (χ3n) is 2.44. The predicted octanol–water partition coefficient (Wildman–Crippen LogP) is 3.17. The van der Waals surface area contributed by atoms with E-state index in [4.69, 9.17) is 21.1 Å². The van der Waals surface area contributed by atoms with Crippen LogP contribution in [-0.4, -0.2) is 24.2 Å². The summed E-state index contributed by atoms with van der Waals surface area (Å²) >= 11 is 5.91. The minimum absolute atomic E-state index is 0.246. The minimum atomic E-state index is -0.381. The molecule has 2 rings (SSSR count). The van der Waals surface area contributed by atoms with Crippen molar-refractivity contribution in [2.24, 2.45) is 0 Å². The van der Waals surface area contributed by atoms with E-state index in [9.17, 15) is 4.39 Å². The lowest BCUT2D eigenvalue weighted by Crippen LogP contribution is -2.02. The van der Waals surface area contributed by atoms with E-state index < -0.39 is 0 Å². The van der Waals surface area contributed by atoms with E-state index in [-0.39, 0.29) is 17.6 Å². The maximum Gasteiger partial charge on any atom is 0.158 e. The Hall–Kier alpha value is -1.92. The van der Waals surface area contributed by atoms with Gasteiger partial charge in [0, 0.05) is 19.2 Å². The Morgan fingerprint density at radius 1 is 1.25 bits per heavy atom. The SMILES string of the molecule is COCc1nc(Cl)cc(Nc2ccc(F)cc2OC)n1. The van der Waals surface area contributed by atoms with E-state index in [2.05, 4.69) is 15.3 Å². The Kier molecular flexibility index (Phi) is 4.70. The van der Waals surface area contributed by atoms with Crippen LogP contribution >= 0.6 is 11.6 Å². The van der Waals surface area contributed by atoms with Crippen molar-refractivity contribution in [1.82, 2.24) is 9.97 Å². The van der Waals surface area contributed by atoms with Crippen LogP contribution in [-0.2, 0) is 11.3 Å². The molecule has 2 aromatic rings. The van der Waals surface area contributed by atoms with E-state index in [0.717, 1.165) is 0 Å². The number of anilines is 2. The minimum Gasteiger partial charge on any atom is -0.494 e. The molecular formula is C13H13ClFN3O2. The lowest BCUT2D eigenvalue weighted by Gasteiger charge is -2.11. The summed E-state index contributed by atoms with van der Waals surface area (Å²) in [5.41, 5.74) is 0.576. The molecular weight excluding hydrogens is 285 g/mol. The van der Waals surface area contributed by atoms with E-state index in [1.54, 1.807) is 19.2 Å². The van der Waals surface area contributed by atoms with Gasteiger partial charge in [-0.2, -0.15) is 0 Å². The van der Waals surface area contributed by atoms with Crippen LogP contribution in [0.25, 0.3) is 0 Å². The zero-order valence-corrected chi connectivity index (χ0v) is 11.7. The number of halogens is 2. The summed E-state index contributed by atoms with van der Waals surface area (Å²) in [6.45, 7) is 0.246. The van der Waals surface area contributed by atoms with Gasteiger partial charge in [-0.05, 0) is 12.1 Å². The van der Waals surface area contributed by atoms with Gasteiger partial charge in [-0.25, -0.2) is 14.4 Å². The molecule has 0 spiro atoms. The highest BCUT2D eigenvalue weighted by atomic mass is 35.5. The molecule has 7 heteroatoms. The normalized spacial score (nSPS) is 10.4. The molecule has 0 aliphatic carbocycles. The molecule has 0 atom stereocenters. The molecule has 1 N–H and O–H groups in total. The summed E-state index contributed by atoms with van der Waals surface area (Å²) in [4.78, 5) is 8.26. The van der Waals surface area contributed by atoms with Gasteiger partial charge in [-0.15, -0.1) is 0 Å². The summed E-state index contributed by atoms with van der Waals surface area (Å²) < 4.78 is 23.2. The second kappa shape index (κ2) is 6.49. The monoisotopic (exact) mass is 297 g/mol. The van der Waals surface area contributed by atoms with Crippen molar-refractivity contribution in [3.63, 3.8) is 0 Å². The Morgan fingerprint density at radius 3 is 2.75 bits per heavy atom. The number of aromatic nitrogens is 2. The van der Waals surface area contributed by atoms with Gasteiger partial charge in [0.1, 0.15) is 29.1 Å². The Morgan fingerprint density at radius 2 is 2.05 bits per heavy atom. The molecule has 106 valence electrons. The average molecular weight is 298 g/mol. The first-order valence-electron chi connectivity index (χ1n) is 5.75. The average Bonchev–Trinajstić information content (AvgIpc) is 2.40. The molecule has 0 amide bonds. The van der Waals surface area contributed by atoms with Crippen molar-refractivity contribution in [2.45, 2.75) is 6.61 Å². The molecule has 5 nitrogen and oxygen atoms in total. The first-order valence-corrected chi connectivity index (χ1v) is 6.13. The number of rotatable bonds is 5. The largest absolute Gasteiger partial charge is 0.494 e. The van der Waals surface area contributed by atoms with Crippen LogP contribution < -0.4 is 10.1 Å². The molecule has 1 aromatic carbocycles. The third kappa shape index (κ3) is 3.55. The van der Waals surface area contributed by atoms with Crippen molar-refractivity contribution in [3.8, 4) is 5.75 Å². The second-order valence-corrected chi connectivity index (χ2v) is 4.28. The maximum atomic E-state index is 13.1. The number of hydrogen-bond donors (Lipinski definition) is 1. The fourth-order valence-electron chi connectivity index (χ4n) is 1.63. The van der Waals surface area contributed by atoms with Gasteiger partial charge in [0.25, 0.3) is 0 Å². The van der Waals surface area contributed by atoms with Crippen molar-refractivity contribution in [1.29, 1.82) is 0 Å². The zero-order chi connectivity index (χ0) is 14.5. The summed E-state index contributed by atoms with van der Waals surface area (Å²) in [7, 11) is 3.00. The zero-order valence-electron chi connectivity index (χ0n) is 11.0. The van der Waals surface area contributed by atoms with Crippen LogP contribution in [0.5, 0.6) is 5.75 Å². The van der Waals surface area contributed by atoms with Gasteiger partial charge in [0.05, 0.1) is 12.8 Å². The van der Waals surface area contributed by atoms with Gasteiger partial charge in [0.15, 0.2) is 5.82 Å². The Labute approximate surface area is 120 Å². The van der Waals surface area contributed by atoms with Crippen LogP contribution in [0.15, 0.2) is 24.3 Å². The molecule has 0 radical (unpaired) electrons. The van der Waals surface area contributed by atoms with Gasteiger partial charge in [0.2, 0.25) is 0 Å². The molecule has 20 heavy (non-hydrogen) atoms. The van der Waals surface area contributed by atoms with Gasteiger partial charge in [-0.3, -0.25) is 0 Å². The summed E-state index contributed by atoms with van der Waals surface area (Å²) in [5, 5.41) is 3.30. The van der Waals surface area contributed by atoms with Gasteiger partial charge < -0.3 is 14.8 Å². The van der Waals surface area contributed by atoms with Crippen LogP contribution in [0.2, 0.25) is 5.15 Å². The molecule has 0 unspecified atom stereocenters. The molecule has 0 bridgehead atoms. The molecule has 0 aliphatic heterocycles. The number of methoxy groups -OCH3 is 2. The standard InChI is InChI=1S/C13H13ClFN3O2/c1-19-7-13-17-11(14)6-12(18-13)16-9-4-3-8(15)5-10(9)20-2/h3-6H,7H2,1-2H3,(H,16,17,18). The number of nitrogens with one attached hydrogen (secondary N) is 1. The van der Waals surface area contributed by atoms with Gasteiger partial charge in [-0.1, -0.05) is 11.6 Å². The third-order valence-corrected chi connectivity index (χ3v) is 2.63. The second-order valence-electron chi connectivity index (χ2n) is 3.89. The van der Waals surface area contributed by atoms with E-state index in [0.29, 0.717) is 23.1 Å². The molecule has 0 saturated carbocycles. The molecule has 0 fully saturated rings. The van der Waals surface area contributed by atoms with E-state index in [1.165, 1.54) is 19.2 Å². The highest BCUT2D eigenvalue weighted by molar-refractivity contribution is 6.29. The molecule has 1 aromatic heterocycles. The first-order chi connectivity index (χ1) is 9.62. The maximum absolute atomic E-state index is 13.1. The van der Waals surface area contributed by atoms with Crippen molar-refractivity contribution in [3.05, 3.63) is 41.1 Å². The fourth-order valence-corrected chi connectivity index (χ4v) is 1.83.